The molecule has 0 aromatic carbocycles. The zero-order valence-corrected chi connectivity index (χ0v) is 12.4. The van der Waals surface area contributed by atoms with Crippen LogP contribution in [0.1, 0.15) is 19.5 Å². The van der Waals surface area contributed by atoms with Gasteiger partial charge in [-0.25, -0.2) is 4.98 Å². The third-order valence-electron chi connectivity index (χ3n) is 2.54. The van der Waals surface area contributed by atoms with Gasteiger partial charge in [-0.2, -0.15) is 0 Å². The summed E-state index contributed by atoms with van der Waals surface area (Å²) in [4.78, 5) is 20.3. The van der Waals surface area contributed by atoms with Crippen LogP contribution in [-0.4, -0.2) is 28.0 Å². The number of thiazole rings is 1. The second kappa shape index (κ2) is 6.11. The monoisotopic (exact) mass is 290 g/mol. The van der Waals surface area contributed by atoms with Gasteiger partial charge in [0.05, 0.1) is 12.1 Å². The van der Waals surface area contributed by atoms with Crippen LogP contribution in [0.15, 0.2) is 29.9 Å². The summed E-state index contributed by atoms with van der Waals surface area (Å²) in [6.07, 6.45) is 3.76. The number of pyridine rings is 1. The third kappa shape index (κ3) is 4.40. The van der Waals surface area contributed by atoms with E-state index in [9.17, 15) is 4.79 Å². The number of aromatic nitrogens is 2. The number of nitrogens with two attached hydrogens (primary N) is 1. The Balaban J connectivity index is 1.95. The second-order valence-corrected chi connectivity index (χ2v) is 6.19. The molecule has 2 heterocycles. The number of carbonyl (C=O) groups excluding carboxylic acids is 1. The molecule has 0 unspecified atom stereocenters. The molecule has 0 fully saturated rings. The molecule has 0 radical (unpaired) electrons. The summed E-state index contributed by atoms with van der Waals surface area (Å²) in [6.45, 7) is 4.19. The molecule has 0 aliphatic heterocycles. The predicted molar refractivity (Wildman–Crippen MR) is 80.3 cm³/mol. The van der Waals surface area contributed by atoms with Crippen molar-refractivity contribution in [3.8, 4) is 10.6 Å². The summed E-state index contributed by atoms with van der Waals surface area (Å²) in [5, 5.41) is 5.58. The molecule has 0 spiro atoms. The topological polar surface area (TPSA) is 80.9 Å². The van der Waals surface area contributed by atoms with Crippen molar-refractivity contribution in [2.24, 2.45) is 5.73 Å². The SMILES string of the molecule is CC(C)(N)CNC(=O)Cc1csc(-c2cccnc2)n1. The lowest BCUT2D eigenvalue weighted by Gasteiger charge is -2.18. The van der Waals surface area contributed by atoms with E-state index in [0.717, 1.165) is 16.3 Å². The lowest BCUT2D eigenvalue weighted by Crippen LogP contribution is -2.45. The van der Waals surface area contributed by atoms with E-state index in [1.165, 1.54) is 11.3 Å². The van der Waals surface area contributed by atoms with E-state index < -0.39 is 5.54 Å². The fraction of sp³-hybridized carbons (Fsp3) is 0.357. The Hall–Kier alpha value is -1.79. The van der Waals surface area contributed by atoms with Crippen molar-refractivity contribution in [3.63, 3.8) is 0 Å². The van der Waals surface area contributed by atoms with Crippen molar-refractivity contribution in [1.29, 1.82) is 0 Å². The van der Waals surface area contributed by atoms with Crippen LogP contribution in [0.5, 0.6) is 0 Å². The summed E-state index contributed by atoms with van der Waals surface area (Å²) in [7, 11) is 0. The summed E-state index contributed by atoms with van der Waals surface area (Å²) >= 11 is 1.51. The third-order valence-corrected chi connectivity index (χ3v) is 3.48. The molecule has 2 aromatic heterocycles. The Morgan fingerprint density at radius 3 is 2.95 bits per heavy atom. The van der Waals surface area contributed by atoms with E-state index in [-0.39, 0.29) is 12.3 Å². The van der Waals surface area contributed by atoms with E-state index in [1.807, 2.05) is 31.4 Å². The molecular formula is C14H18N4OS. The predicted octanol–water partition coefficient (Wildman–Crippen LogP) is 1.60. The minimum absolute atomic E-state index is 0.0634. The number of carbonyl (C=O) groups is 1. The minimum atomic E-state index is -0.404. The Kier molecular flexibility index (Phi) is 4.46. The molecular weight excluding hydrogens is 272 g/mol. The van der Waals surface area contributed by atoms with E-state index in [0.29, 0.717) is 6.54 Å². The number of nitrogens with one attached hydrogen (secondary N) is 1. The Labute approximate surface area is 122 Å². The van der Waals surface area contributed by atoms with Gasteiger partial charge < -0.3 is 11.1 Å². The summed E-state index contributed by atoms with van der Waals surface area (Å²) < 4.78 is 0. The number of rotatable bonds is 5. The molecule has 106 valence electrons. The Morgan fingerprint density at radius 2 is 2.30 bits per heavy atom. The van der Waals surface area contributed by atoms with Gasteiger partial charge in [-0.05, 0) is 26.0 Å². The summed E-state index contributed by atoms with van der Waals surface area (Å²) in [5.74, 6) is -0.0634. The lowest BCUT2D eigenvalue weighted by molar-refractivity contribution is -0.120. The number of hydrogen-bond acceptors (Lipinski definition) is 5. The Morgan fingerprint density at radius 1 is 1.50 bits per heavy atom. The number of nitrogens with zero attached hydrogens (tertiary/aromatic N) is 2. The smallest absolute Gasteiger partial charge is 0.226 e. The summed E-state index contributed by atoms with van der Waals surface area (Å²) in [5.41, 5.74) is 7.15. The molecule has 6 heteroatoms. The van der Waals surface area contributed by atoms with Gasteiger partial charge in [0.2, 0.25) is 5.91 Å². The normalized spacial score (nSPS) is 11.3. The molecule has 0 saturated carbocycles. The highest BCUT2D eigenvalue weighted by Gasteiger charge is 2.13. The average Bonchev–Trinajstić information content (AvgIpc) is 2.85. The van der Waals surface area contributed by atoms with Crippen molar-refractivity contribution in [3.05, 3.63) is 35.6 Å². The fourth-order valence-electron chi connectivity index (χ4n) is 1.56. The van der Waals surface area contributed by atoms with Gasteiger partial charge >= 0.3 is 0 Å². The molecule has 0 atom stereocenters. The molecule has 0 saturated heterocycles. The molecule has 2 aromatic rings. The molecule has 5 nitrogen and oxygen atoms in total. The van der Waals surface area contributed by atoms with Crippen molar-refractivity contribution in [2.75, 3.05) is 6.54 Å². The minimum Gasteiger partial charge on any atom is -0.354 e. The molecule has 0 aliphatic carbocycles. The van der Waals surface area contributed by atoms with Crippen LogP contribution in [0, 0.1) is 0 Å². The molecule has 0 bridgehead atoms. The van der Waals surface area contributed by atoms with Crippen molar-refractivity contribution < 1.29 is 4.79 Å². The van der Waals surface area contributed by atoms with Crippen LogP contribution in [0.4, 0.5) is 0 Å². The van der Waals surface area contributed by atoms with Gasteiger partial charge in [0.1, 0.15) is 5.01 Å². The van der Waals surface area contributed by atoms with Gasteiger partial charge in [0.25, 0.3) is 0 Å². The highest BCUT2D eigenvalue weighted by atomic mass is 32.1. The maximum Gasteiger partial charge on any atom is 0.226 e. The van der Waals surface area contributed by atoms with Crippen molar-refractivity contribution >= 4 is 17.2 Å². The molecule has 0 aliphatic rings. The van der Waals surface area contributed by atoms with Crippen molar-refractivity contribution in [1.82, 2.24) is 15.3 Å². The number of hydrogen-bond donors (Lipinski definition) is 2. The Bertz CT molecular complexity index is 574. The highest BCUT2D eigenvalue weighted by molar-refractivity contribution is 7.13. The first-order valence-corrected chi connectivity index (χ1v) is 7.22. The van der Waals surface area contributed by atoms with Crippen LogP contribution in [0.25, 0.3) is 10.6 Å². The van der Waals surface area contributed by atoms with E-state index >= 15 is 0 Å². The second-order valence-electron chi connectivity index (χ2n) is 5.33. The number of amides is 1. The van der Waals surface area contributed by atoms with E-state index in [1.54, 1.807) is 12.4 Å². The molecule has 20 heavy (non-hydrogen) atoms. The molecule has 3 N–H and O–H groups in total. The highest BCUT2D eigenvalue weighted by Crippen LogP contribution is 2.22. The zero-order chi connectivity index (χ0) is 14.6. The zero-order valence-electron chi connectivity index (χ0n) is 11.6. The first-order valence-electron chi connectivity index (χ1n) is 6.34. The average molecular weight is 290 g/mol. The van der Waals surface area contributed by atoms with Crippen LogP contribution in [0.3, 0.4) is 0 Å². The van der Waals surface area contributed by atoms with Crippen LogP contribution in [-0.2, 0) is 11.2 Å². The van der Waals surface area contributed by atoms with E-state index in [2.05, 4.69) is 15.3 Å². The largest absolute Gasteiger partial charge is 0.354 e. The molecule has 2 rings (SSSR count). The van der Waals surface area contributed by atoms with Crippen LogP contribution < -0.4 is 11.1 Å². The first-order chi connectivity index (χ1) is 9.44. The fourth-order valence-corrected chi connectivity index (χ4v) is 2.37. The van der Waals surface area contributed by atoms with Crippen molar-refractivity contribution in [2.45, 2.75) is 25.8 Å². The van der Waals surface area contributed by atoms with E-state index in [4.69, 9.17) is 5.73 Å². The van der Waals surface area contributed by atoms with Gasteiger partial charge in [0, 0.05) is 35.4 Å². The van der Waals surface area contributed by atoms with Crippen LogP contribution in [0.2, 0.25) is 0 Å². The van der Waals surface area contributed by atoms with Gasteiger partial charge in [-0.1, -0.05) is 0 Å². The lowest BCUT2D eigenvalue weighted by atomic mass is 10.1. The van der Waals surface area contributed by atoms with Gasteiger partial charge in [-0.3, -0.25) is 9.78 Å². The van der Waals surface area contributed by atoms with Crippen LogP contribution >= 0.6 is 11.3 Å². The van der Waals surface area contributed by atoms with Gasteiger partial charge in [0.15, 0.2) is 0 Å². The maximum atomic E-state index is 11.8. The first kappa shape index (κ1) is 14.6. The maximum absolute atomic E-state index is 11.8. The summed E-state index contributed by atoms with van der Waals surface area (Å²) in [6, 6.07) is 3.82. The van der Waals surface area contributed by atoms with Gasteiger partial charge in [-0.15, -0.1) is 11.3 Å². The standard InChI is InChI=1S/C14H18N4OS/c1-14(2,15)9-17-12(19)6-11-8-20-13(18-11)10-4-3-5-16-7-10/h3-5,7-8H,6,9,15H2,1-2H3,(H,17,19). The molecule has 1 amide bonds. The quantitative estimate of drug-likeness (QED) is 0.876.